The van der Waals surface area contributed by atoms with Crippen molar-refractivity contribution in [2.45, 2.75) is 58.0 Å². The molecule has 92 valence electrons. The summed E-state index contributed by atoms with van der Waals surface area (Å²) in [5, 5.41) is 0. The van der Waals surface area contributed by atoms with Gasteiger partial charge >= 0.3 is 0 Å². The first kappa shape index (κ1) is 11.9. The smallest absolute Gasteiger partial charge is 0.239 e. The van der Waals surface area contributed by atoms with Crippen molar-refractivity contribution in [3.05, 3.63) is 0 Å². The number of carbonyl (C=O) groups is 1. The highest BCUT2D eigenvalue weighted by Crippen LogP contribution is 2.38. The number of nitrogens with zero attached hydrogens (tertiary/aromatic N) is 1. The fraction of sp³-hybridized carbons (Fsp3) is 0.923. The van der Waals surface area contributed by atoms with Crippen molar-refractivity contribution >= 4 is 5.91 Å². The summed E-state index contributed by atoms with van der Waals surface area (Å²) in [5.41, 5.74) is 5.74. The predicted molar refractivity (Wildman–Crippen MR) is 64.9 cm³/mol. The summed E-state index contributed by atoms with van der Waals surface area (Å²) < 4.78 is 0. The number of carbonyl (C=O) groups excluding carboxylic acids is 1. The van der Waals surface area contributed by atoms with Crippen LogP contribution in [0.5, 0.6) is 0 Å². The first-order chi connectivity index (χ1) is 7.61. The van der Waals surface area contributed by atoms with Crippen molar-refractivity contribution in [1.29, 1.82) is 0 Å². The number of fused-ring (bicyclic) bond motifs is 1. The lowest BCUT2D eigenvalue weighted by atomic mass is 9.73. The average Bonchev–Trinajstić information content (AvgIpc) is 2.27. The van der Waals surface area contributed by atoms with Gasteiger partial charge < -0.3 is 10.6 Å². The second kappa shape index (κ2) is 4.74. The summed E-state index contributed by atoms with van der Waals surface area (Å²) in [5.74, 6) is 1.55. The lowest BCUT2D eigenvalue weighted by molar-refractivity contribution is -0.140. The first-order valence-corrected chi connectivity index (χ1v) is 6.67. The zero-order valence-corrected chi connectivity index (χ0v) is 10.5. The Labute approximate surface area is 98.4 Å². The second-order valence-corrected chi connectivity index (χ2v) is 5.62. The molecule has 0 aromatic rings. The molecule has 0 bridgehead atoms. The normalized spacial score (nSPS) is 36.7. The Morgan fingerprint density at radius 3 is 2.69 bits per heavy atom. The predicted octanol–water partition coefficient (Wildman–Crippen LogP) is 1.76. The SMILES string of the molecule is C[C@H](N)C(=O)N1CCC[C@@H]2CCC[C@@H](C)[C@@H]21. The molecule has 0 radical (unpaired) electrons. The molecule has 16 heavy (non-hydrogen) atoms. The van der Waals surface area contributed by atoms with Gasteiger partial charge in [0.1, 0.15) is 0 Å². The largest absolute Gasteiger partial charge is 0.338 e. The second-order valence-electron chi connectivity index (χ2n) is 5.62. The third-order valence-electron chi connectivity index (χ3n) is 4.31. The highest BCUT2D eigenvalue weighted by molar-refractivity contribution is 5.81. The Balaban J connectivity index is 2.14. The summed E-state index contributed by atoms with van der Waals surface area (Å²) in [6.45, 7) is 5.02. The van der Waals surface area contributed by atoms with Crippen molar-refractivity contribution in [2.75, 3.05) is 6.54 Å². The van der Waals surface area contributed by atoms with E-state index in [0.29, 0.717) is 12.0 Å². The molecule has 0 spiro atoms. The Bertz CT molecular complexity index is 263. The molecular formula is C13H24N2O. The van der Waals surface area contributed by atoms with Crippen LogP contribution in [0.3, 0.4) is 0 Å². The minimum Gasteiger partial charge on any atom is -0.338 e. The van der Waals surface area contributed by atoms with E-state index in [0.717, 1.165) is 18.9 Å². The maximum absolute atomic E-state index is 12.1. The van der Waals surface area contributed by atoms with Crippen LogP contribution in [0.15, 0.2) is 0 Å². The zero-order valence-electron chi connectivity index (χ0n) is 10.5. The summed E-state index contributed by atoms with van der Waals surface area (Å²) in [4.78, 5) is 14.2. The molecule has 1 aliphatic carbocycles. The molecule has 1 aliphatic heterocycles. The highest BCUT2D eigenvalue weighted by atomic mass is 16.2. The maximum Gasteiger partial charge on any atom is 0.239 e. The van der Waals surface area contributed by atoms with Gasteiger partial charge in [0, 0.05) is 12.6 Å². The molecule has 0 unspecified atom stereocenters. The molecule has 2 aliphatic rings. The number of rotatable bonds is 1. The quantitative estimate of drug-likeness (QED) is 0.737. The van der Waals surface area contributed by atoms with Gasteiger partial charge in [0.15, 0.2) is 0 Å². The van der Waals surface area contributed by atoms with E-state index in [-0.39, 0.29) is 11.9 Å². The van der Waals surface area contributed by atoms with Gasteiger partial charge in [0.05, 0.1) is 6.04 Å². The third-order valence-corrected chi connectivity index (χ3v) is 4.31. The van der Waals surface area contributed by atoms with Crippen molar-refractivity contribution in [1.82, 2.24) is 4.90 Å². The fourth-order valence-corrected chi connectivity index (χ4v) is 3.58. The van der Waals surface area contributed by atoms with Gasteiger partial charge in [-0.25, -0.2) is 0 Å². The van der Waals surface area contributed by atoms with E-state index in [9.17, 15) is 4.79 Å². The van der Waals surface area contributed by atoms with E-state index in [1.54, 1.807) is 6.92 Å². The molecular weight excluding hydrogens is 200 g/mol. The topological polar surface area (TPSA) is 46.3 Å². The highest BCUT2D eigenvalue weighted by Gasteiger charge is 2.39. The van der Waals surface area contributed by atoms with Crippen LogP contribution in [0.2, 0.25) is 0 Å². The zero-order chi connectivity index (χ0) is 11.7. The minimum absolute atomic E-state index is 0.156. The molecule has 1 saturated heterocycles. The fourth-order valence-electron chi connectivity index (χ4n) is 3.58. The molecule has 2 N–H and O–H groups in total. The summed E-state index contributed by atoms with van der Waals surface area (Å²) in [6.07, 6.45) is 6.37. The van der Waals surface area contributed by atoms with Crippen LogP contribution >= 0.6 is 0 Å². The van der Waals surface area contributed by atoms with Crippen LogP contribution < -0.4 is 5.73 Å². The first-order valence-electron chi connectivity index (χ1n) is 6.67. The van der Waals surface area contributed by atoms with Crippen molar-refractivity contribution < 1.29 is 4.79 Å². The van der Waals surface area contributed by atoms with Crippen molar-refractivity contribution in [3.8, 4) is 0 Å². The van der Waals surface area contributed by atoms with Gasteiger partial charge in [-0.05, 0) is 44.4 Å². The standard InChI is InChI=1S/C13H24N2O/c1-9-5-3-6-11-7-4-8-15(12(9)11)13(16)10(2)14/h9-12H,3-8,14H2,1-2H3/t9-,10+,11+,12+/m1/s1. The molecule has 0 aromatic heterocycles. The molecule has 3 nitrogen and oxygen atoms in total. The molecule has 1 heterocycles. The van der Waals surface area contributed by atoms with Crippen LogP contribution in [-0.4, -0.2) is 29.4 Å². The number of amides is 1. The third kappa shape index (κ3) is 2.10. The van der Waals surface area contributed by atoms with Gasteiger partial charge in [-0.2, -0.15) is 0 Å². The monoisotopic (exact) mass is 224 g/mol. The van der Waals surface area contributed by atoms with Crippen LogP contribution in [0.25, 0.3) is 0 Å². The van der Waals surface area contributed by atoms with E-state index in [4.69, 9.17) is 5.73 Å². The van der Waals surface area contributed by atoms with Crippen LogP contribution in [-0.2, 0) is 4.79 Å². The van der Waals surface area contributed by atoms with Crippen molar-refractivity contribution in [2.24, 2.45) is 17.6 Å². The maximum atomic E-state index is 12.1. The minimum atomic E-state index is -0.340. The van der Waals surface area contributed by atoms with Gasteiger partial charge in [0.2, 0.25) is 5.91 Å². The molecule has 2 fully saturated rings. The molecule has 2 rings (SSSR count). The van der Waals surface area contributed by atoms with E-state index >= 15 is 0 Å². The van der Waals surface area contributed by atoms with E-state index in [1.807, 2.05) is 0 Å². The van der Waals surface area contributed by atoms with Gasteiger partial charge in [-0.1, -0.05) is 13.3 Å². The van der Waals surface area contributed by atoms with Gasteiger partial charge in [0.25, 0.3) is 0 Å². The Morgan fingerprint density at radius 2 is 2.00 bits per heavy atom. The molecule has 1 saturated carbocycles. The summed E-state index contributed by atoms with van der Waals surface area (Å²) >= 11 is 0. The summed E-state index contributed by atoms with van der Waals surface area (Å²) in [7, 11) is 0. The number of nitrogens with two attached hydrogens (primary N) is 1. The number of hydrogen-bond donors (Lipinski definition) is 1. The number of hydrogen-bond acceptors (Lipinski definition) is 2. The number of likely N-dealkylation sites (tertiary alicyclic amines) is 1. The Morgan fingerprint density at radius 1 is 1.31 bits per heavy atom. The number of piperidine rings is 1. The lowest BCUT2D eigenvalue weighted by Gasteiger charge is -2.48. The molecule has 4 atom stereocenters. The van der Waals surface area contributed by atoms with E-state index in [1.165, 1.54) is 25.7 Å². The van der Waals surface area contributed by atoms with Crippen LogP contribution in [0.4, 0.5) is 0 Å². The van der Waals surface area contributed by atoms with Gasteiger partial charge in [-0.3, -0.25) is 4.79 Å². The molecule has 0 aromatic carbocycles. The Kier molecular flexibility index (Phi) is 3.53. The lowest BCUT2D eigenvalue weighted by Crippen LogP contribution is -2.56. The van der Waals surface area contributed by atoms with Crippen LogP contribution in [0, 0.1) is 11.8 Å². The van der Waals surface area contributed by atoms with Gasteiger partial charge in [-0.15, -0.1) is 0 Å². The molecule has 3 heteroatoms. The van der Waals surface area contributed by atoms with Crippen LogP contribution in [0.1, 0.15) is 46.0 Å². The molecule has 1 amide bonds. The van der Waals surface area contributed by atoms with E-state index in [2.05, 4.69) is 11.8 Å². The summed E-state index contributed by atoms with van der Waals surface area (Å²) in [6, 6.07) is 0.133. The Hall–Kier alpha value is -0.570. The van der Waals surface area contributed by atoms with E-state index < -0.39 is 0 Å². The average molecular weight is 224 g/mol. The van der Waals surface area contributed by atoms with Crippen molar-refractivity contribution in [3.63, 3.8) is 0 Å².